The molecule has 0 unspecified atom stereocenters. The van der Waals surface area contributed by atoms with Crippen LogP contribution in [0.5, 0.6) is 5.88 Å². The van der Waals surface area contributed by atoms with Gasteiger partial charge in [-0.3, -0.25) is 10.1 Å². The molecule has 5 nitrogen and oxygen atoms in total. The number of benzene rings is 1. The molecule has 2 rings (SSSR count). The lowest BCUT2D eigenvalue weighted by molar-refractivity contribution is -0.385. The molecule has 0 saturated carbocycles. The number of pyridine rings is 1. The van der Waals surface area contributed by atoms with Crippen LogP contribution in [-0.2, 0) is 6.42 Å². The van der Waals surface area contributed by atoms with Crippen LogP contribution in [-0.4, -0.2) is 16.5 Å². The number of ether oxygens (including phenoxy) is 1. The SMILES string of the molecule is Cc1ccc(CCOc2ccc([N+](=O)[O-])cn2)cc1. The summed E-state index contributed by atoms with van der Waals surface area (Å²) in [6, 6.07) is 11.1. The second kappa shape index (κ2) is 5.95. The van der Waals surface area contributed by atoms with Crippen LogP contribution >= 0.6 is 0 Å². The lowest BCUT2D eigenvalue weighted by atomic mass is 10.1. The summed E-state index contributed by atoms with van der Waals surface area (Å²) in [5.74, 6) is 0.401. The van der Waals surface area contributed by atoms with E-state index < -0.39 is 4.92 Å². The van der Waals surface area contributed by atoms with E-state index in [4.69, 9.17) is 4.74 Å². The number of rotatable bonds is 5. The maximum atomic E-state index is 10.5. The highest BCUT2D eigenvalue weighted by atomic mass is 16.6. The Morgan fingerprint density at radius 2 is 1.95 bits per heavy atom. The highest BCUT2D eigenvalue weighted by Crippen LogP contribution is 2.13. The summed E-state index contributed by atoms with van der Waals surface area (Å²) < 4.78 is 5.44. The summed E-state index contributed by atoms with van der Waals surface area (Å²) in [5, 5.41) is 10.5. The van der Waals surface area contributed by atoms with Gasteiger partial charge in [0.15, 0.2) is 0 Å². The second-order valence-corrected chi connectivity index (χ2v) is 4.20. The van der Waals surface area contributed by atoms with Gasteiger partial charge in [-0.15, -0.1) is 0 Å². The van der Waals surface area contributed by atoms with Gasteiger partial charge in [-0.2, -0.15) is 0 Å². The minimum absolute atomic E-state index is 0.0362. The van der Waals surface area contributed by atoms with Crippen molar-refractivity contribution in [3.63, 3.8) is 0 Å². The number of aryl methyl sites for hydroxylation is 1. The minimum atomic E-state index is -0.483. The van der Waals surface area contributed by atoms with E-state index in [1.807, 2.05) is 6.92 Å². The molecule has 0 atom stereocenters. The summed E-state index contributed by atoms with van der Waals surface area (Å²) >= 11 is 0. The molecule has 0 radical (unpaired) electrons. The highest BCUT2D eigenvalue weighted by Gasteiger charge is 2.05. The van der Waals surface area contributed by atoms with Crippen molar-refractivity contribution in [3.05, 3.63) is 63.8 Å². The smallest absolute Gasteiger partial charge is 0.287 e. The van der Waals surface area contributed by atoms with Crippen molar-refractivity contribution in [1.29, 1.82) is 0 Å². The van der Waals surface area contributed by atoms with Crippen LogP contribution in [0.4, 0.5) is 5.69 Å². The van der Waals surface area contributed by atoms with E-state index in [0.29, 0.717) is 12.5 Å². The van der Waals surface area contributed by atoms with Crippen molar-refractivity contribution in [3.8, 4) is 5.88 Å². The van der Waals surface area contributed by atoms with Gasteiger partial charge in [-0.05, 0) is 12.5 Å². The monoisotopic (exact) mass is 258 g/mol. The Morgan fingerprint density at radius 1 is 1.21 bits per heavy atom. The van der Waals surface area contributed by atoms with Gasteiger partial charge in [0.05, 0.1) is 11.5 Å². The van der Waals surface area contributed by atoms with Crippen molar-refractivity contribution < 1.29 is 9.66 Å². The molecule has 98 valence electrons. The number of hydrogen-bond acceptors (Lipinski definition) is 4. The molecular weight excluding hydrogens is 244 g/mol. The van der Waals surface area contributed by atoms with Crippen LogP contribution in [0.1, 0.15) is 11.1 Å². The first kappa shape index (κ1) is 13.0. The number of nitro groups is 1. The molecule has 2 aromatic rings. The van der Waals surface area contributed by atoms with Gasteiger partial charge in [0, 0.05) is 18.6 Å². The molecule has 0 aliphatic carbocycles. The molecule has 0 aliphatic heterocycles. The average molecular weight is 258 g/mol. The first-order chi connectivity index (χ1) is 9.15. The minimum Gasteiger partial charge on any atom is -0.477 e. The lowest BCUT2D eigenvalue weighted by Crippen LogP contribution is -2.02. The largest absolute Gasteiger partial charge is 0.477 e. The van der Waals surface area contributed by atoms with Gasteiger partial charge in [0.2, 0.25) is 5.88 Å². The van der Waals surface area contributed by atoms with Crippen molar-refractivity contribution in [2.45, 2.75) is 13.3 Å². The van der Waals surface area contributed by atoms with E-state index in [1.165, 1.54) is 29.5 Å². The van der Waals surface area contributed by atoms with Crippen molar-refractivity contribution in [2.75, 3.05) is 6.61 Å². The van der Waals surface area contributed by atoms with Gasteiger partial charge in [-0.25, -0.2) is 4.98 Å². The van der Waals surface area contributed by atoms with Crippen LogP contribution in [0.3, 0.4) is 0 Å². The van der Waals surface area contributed by atoms with Crippen molar-refractivity contribution in [1.82, 2.24) is 4.98 Å². The molecule has 5 heteroatoms. The molecule has 0 N–H and O–H groups in total. The molecule has 0 fully saturated rings. The Bertz CT molecular complexity index is 550. The third-order valence-corrected chi connectivity index (χ3v) is 2.69. The molecule has 0 bridgehead atoms. The third kappa shape index (κ3) is 3.77. The Morgan fingerprint density at radius 3 is 2.53 bits per heavy atom. The molecule has 0 aliphatic rings. The molecule has 0 spiro atoms. The summed E-state index contributed by atoms with van der Waals surface area (Å²) in [4.78, 5) is 13.9. The maximum Gasteiger partial charge on any atom is 0.287 e. The maximum absolute atomic E-state index is 10.5. The third-order valence-electron chi connectivity index (χ3n) is 2.69. The summed E-state index contributed by atoms with van der Waals surface area (Å²) in [7, 11) is 0. The fraction of sp³-hybridized carbons (Fsp3) is 0.214. The van der Waals surface area contributed by atoms with E-state index in [9.17, 15) is 10.1 Å². The zero-order valence-electron chi connectivity index (χ0n) is 10.6. The van der Waals surface area contributed by atoms with Crippen LogP contribution in [0.15, 0.2) is 42.6 Å². The Labute approximate surface area is 111 Å². The lowest BCUT2D eigenvalue weighted by Gasteiger charge is -2.05. The molecular formula is C14H14N2O3. The molecule has 0 saturated heterocycles. The number of hydrogen-bond donors (Lipinski definition) is 0. The quantitative estimate of drug-likeness (QED) is 0.611. The zero-order chi connectivity index (χ0) is 13.7. The number of nitrogens with zero attached hydrogens (tertiary/aromatic N) is 2. The normalized spacial score (nSPS) is 10.2. The van der Waals surface area contributed by atoms with Gasteiger partial charge in [0.1, 0.15) is 6.20 Å². The number of aromatic nitrogens is 1. The standard InChI is InChI=1S/C14H14N2O3/c1-11-2-4-12(5-3-11)8-9-19-14-7-6-13(10-15-14)16(17)18/h2-7,10H,8-9H2,1H3. The molecule has 19 heavy (non-hydrogen) atoms. The predicted octanol–water partition coefficient (Wildman–Crippen LogP) is 2.92. The molecule has 1 aromatic heterocycles. The van der Waals surface area contributed by atoms with Crippen molar-refractivity contribution >= 4 is 5.69 Å². The summed E-state index contributed by atoms with van der Waals surface area (Å²) in [5.41, 5.74) is 2.38. The first-order valence-electron chi connectivity index (χ1n) is 5.94. The van der Waals surface area contributed by atoms with Crippen LogP contribution < -0.4 is 4.74 Å². The average Bonchev–Trinajstić information content (AvgIpc) is 2.41. The van der Waals surface area contributed by atoms with E-state index in [2.05, 4.69) is 29.2 Å². The van der Waals surface area contributed by atoms with Gasteiger partial charge < -0.3 is 4.74 Å². The first-order valence-corrected chi connectivity index (χ1v) is 5.94. The van der Waals surface area contributed by atoms with Gasteiger partial charge in [0.25, 0.3) is 5.69 Å². The highest BCUT2D eigenvalue weighted by molar-refractivity contribution is 5.29. The molecule has 1 aromatic carbocycles. The fourth-order valence-corrected chi connectivity index (χ4v) is 1.59. The summed E-state index contributed by atoms with van der Waals surface area (Å²) in [6.07, 6.45) is 1.97. The van der Waals surface area contributed by atoms with E-state index in [1.54, 1.807) is 0 Å². The van der Waals surface area contributed by atoms with Crippen molar-refractivity contribution in [2.24, 2.45) is 0 Å². The van der Waals surface area contributed by atoms with Crippen LogP contribution in [0.2, 0.25) is 0 Å². The van der Waals surface area contributed by atoms with E-state index >= 15 is 0 Å². The predicted molar refractivity (Wildman–Crippen MR) is 71.3 cm³/mol. The van der Waals surface area contributed by atoms with Crippen LogP contribution in [0, 0.1) is 17.0 Å². The Balaban J connectivity index is 1.85. The van der Waals surface area contributed by atoms with Gasteiger partial charge >= 0.3 is 0 Å². The molecule has 0 amide bonds. The summed E-state index contributed by atoms with van der Waals surface area (Å²) in [6.45, 7) is 2.54. The van der Waals surface area contributed by atoms with Gasteiger partial charge in [-0.1, -0.05) is 29.8 Å². The van der Waals surface area contributed by atoms with E-state index in [0.717, 1.165) is 6.42 Å². The van der Waals surface area contributed by atoms with E-state index in [-0.39, 0.29) is 5.69 Å². The second-order valence-electron chi connectivity index (χ2n) is 4.20. The van der Waals surface area contributed by atoms with Crippen LogP contribution in [0.25, 0.3) is 0 Å². The fourth-order valence-electron chi connectivity index (χ4n) is 1.59. The Hall–Kier alpha value is -2.43. The Kier molecular flexibility index (Phi) is 4.07. The molecule has 1 heterocycles. The topological polar surface area (TPSA) is 65.3 Å². The zero-order valence-corrected chi connectivity index (χ0v) is 10.6.